The van der Waals surface area contributed by atoms with Crippen LogP contribution in [0.5, 0.6) is 0 Å². The molecule has 0 aliphatic rings. The van der Waals surface area contributed by atoms with Gasteiger partial charge in [0.25, 0.3) is 0 Å². The van der Waals surface area contributed by atoms with Crippen LogP contribution >= 0.6 is 23.6 Å². The first kappa shape index (κ1) is 12.9. The Morgan fingerprint density at radius 3 is 2.89 bits per heavy atom. The first-order chi connectivity index (χ1) is 8.58. The van der Waals surface area contributed by atoms with Crippen LogP contribution in [0.1, 0.15) is 16.3 Å². The van der Waals surface area contributed by atoms with E-state index in [0.717, 1.165) is 18.1 Å². The Morgan fingerprint density at radius 2 is 2.28 bits per heavy atom. The molecule has 2 aromatic heterocycles. The number of nitrogens with zero attached hydrogens (tertiary/aromatic N) is 3. The first-order valence-corrected chi connectivity index (χ1v) is 6.73. The maximum Gasteiger partial charge on any atom is 0.129 e. The summed E-state index contributed by atoms with van der Waals surface area (Å²) in [5.41, 5.74) is 9.16. The Balaban J connectivity index is 2.18. The molecule has 18 heavy (non-hydrogen) atoms. The summed E-state index contributed by atoms with van der Waals surface area (Å²) < 4.78 is 0. The Morgan fingerprint density at radius 1 is 1.50 bits per heavy atom. The number of hydrogen-bond acceptors (Lipinski definition) is 5. The van der Waals surface area contributed by atoms with Crippen molar-refractivity contribution in [3.05, 3.63) is 40.0 Å². The average Bonchev–Trinajstić information content (AvgIpc) is 2.75. The molecular weight excluding hydrogens is 264 g/mol. The highest BCUT2D eigenvalue weighted by Crippen LogP contribution is 2.18. The highest BCUT2D eigenvalue weighted by molar-refractivity contribution is 7.80. The highest BCUT2D eigenvalue weighted by atomic mass is 32.1. The van der Waals surface area contributed by atoms with E-state index in [0.29, 0.717) is 10.7 Å². The van der Waals surface area contributed by atoms with E-state index in [1.165, 1.54) is 4.88 Å². The normalized spacial score (nSPS) is 10.3. The second kappa shape index (κ2) is 5.41. The van der Waals surface area contributed by atoms with Crippen LogP contribution in [0.3, 0.4) is 0 Å². The van der Waals surface area contributed by atoms with Gasteiger partial charge in [0.2, 0.25) is 0 Å². The number of rotatable bonds is 4. The Bertz CT molecular complexity index is 565. The maximum atomic E-state index is 5.59. The summed E-state index contributed by atoms with van der Waals surface area (Å²) in [6, 6.07) is 5.67. The Labute approximate surface area is 115 Å². The van der Waals surface area contributed by atoms with E-state index in [-0.39, 0.29) is 0 Å². The number of anilines is 1. The number of thiocarbonyl (C=S) groups is 1. The minimum absolute atomic E-state index is 0.319. The van der Waals surface area contributed by atoms with E-state index in [2.05, 4.69) is 14.9 Å². The van der Waals surface area contributed by atoms with Gasteiger partial charge in [-0.2, -0.15) is 0 Å². The zero-order valence-corrected chi connectivity index (χ0v) is 11.9. The molecule has 0 bridgehead atoms. The van der Waals surface area contributed by atoms with Crippen LogP contribution in [-0.4, -0.2) is 22.0 Å². The van der Waals surface area contributed by atoms with Gasteiger partial charge in [-0.25, -0.2) is 9.97 Å². The molecule has 0 aromatic carbocycles. The van der Waals surface area contributed by atoms with Crippen LogP contribution in [0.25, 0.3) is 0 Å². The third-order valence-electron chi connectivity index (χ3n) is 2.60. The molecule has 2 rings (SSSR count). The number of nitrogens with two attached hydrogens (primary N) is 1. The average molecular weight is 278 g/mol. The summed E-state index contributed by atoms with van der Waals surface area (Å²) in [6.45, 7) is 2.79. The molecule has 6 heteroatoms. The third-order valence-corrected chi connectivity index (χ3v) is 3.73. The van der Waals surface area contributed by atoms with Crippen molar-refractivity contribution < 1.29 is 0 Å². The summed E-state index contributed by atoms with van der Waals surface area (Å²) in [5, 5.41) is 0. The van der Waals surface area contributed by atoms with Gasteiger partial charge in [-0.15, -0.1) is 11.3 Å². The van der Waals surface area contributed by atoms with Crippen molar-refractivity contribution in [2.45, 2.75) is 13.5 Å². The van der Waals surface area contributed by atoms with Crippen molar-refractivity contribution in [2.75, 3.05) is 11.9 Å². The van der Waals surface area contributed by atoms with Crippen molar-refractivity contribution in [1.29, 1.82) is 0 Å². The topological polar surface area (TPSA) is 55.0 Å². The lowest BCUT2D eigenvalue weighted by atomic mass is 10.3. The van der Waals surface area contributed by atoms with Gasteiger partial charge in [-0.1, -0.05) is 18.3 Å². The molecule has 0 unspecified atom stereocenters. The molecule has 2 N–H and O–H groups in total. The molecule has 0 saturated heterocycles. The van der Waals surface area contributed by atoms with Crippen molar-refractivity contribution in [3.8, 4) is 0 Å². The van der Waals surface area contributed by atoms with Crippen LogP contribution in [0.4, 0.5) is 5.82 Å². The van der Waals surface area contributed by atoms with Crippen LogP contribution < -0.4 is 10.6 Å². The minimum Gasteiger partial charge on any atom is -0.388 e. The quantitative estimate of drug-likeness (QED) is 0.868. The zero-order chi connectivity index (χ0) is 13.1. The second-order valence-electron chi connectivity index (χ2n) is 3.96. The molecule has 2 heterocycles. The fourth-order valence-electron chi connectivity index (χ4n) is 1.55. The van der Waals surface area contributed by atoms with Gasteiger partial charge in [-0.05, 0) is 19.1 Å². The maximum absolute atomic E-state index is 5.59. The van der Waals surface area contributed by atoms with E-state index in [9.17, 15) is 0 Å². The van der Waals surface area contributed by atoms with Gasteiger partial charge < -0.3 is 10.6 Å². The SMILES string of the molecule is Cc1ncsc1CN(C)c1cccc(C(N)=S)n1. The van der Waals surface area contributed by atoms with Gasteiger partial charge in [0.1, 0.15) is 10.8 Å². The van der Waals surface area contributed by atoms with E-state index in [1.54, 1.807) is 11.3 Å². The molecule has 94 valence electrons. The van der Waals surface area contributed by atoms with Crippen molar-refractivity contribution in [2.24, 2.45) is 5.73 Å². The summed E-state index contributed by atoms with van der Waals surface area (Å²) in [5.74, 6) is 0.855. The molecule has 4 nitrogen and oxygen atoms in total. The lowest BCUT2D eigenvalue weighted by Gasteiger charge is -2.18. The Kier molecular flexibility index (Phi) is 3.88. The fourth-order valence-corrected chi connectivity index (χ4v) is 2.49. The van der Waals surface area contributed by atoms with Gasteiger partial charge in [-0.3, -0.25) is 0 Å². The molecule has 0 aliphatic heterocycles. The molecular formula is C12H14N4S2. The monoisotopic (exact) mass is 278 g/mol. The predicted molar refractivity (Wildman–Crippen MR) is 79.1 cm³/mol. The van der Waals surface area contributed by atoms with E-state index in [1.807, 2.05) is 37.7 Å². The largest absolute Gasteiger partial charge is 0.388 e. The molecule has 0 radical (unpaired) electrons. The van der Waals surface area contributed by atoms with Crippen molar-refractivity contribution >= 4 is 34.4 Å². The number of aryl methyl sites for hydroxylation is 1. The van der Waals surface area contributed by atoms with E-state index >= 15 is 0 Å². The molecule has 0 saturated carbocycles. The molecule has 0 spiro atoms. The standard InChI is InChI=1S/C12H14N4S2/c1-8-10(18-7-14-8)6-16(2)11-5-3-4-9(15-11)12(13)17/h3-5,7H,6H2,1-2H3,(H2,13,17). The smallest absolute Gasteiger partial charge is 0.129 e. The number of pyridine rings is 1. The van der Waals surface area contributed by atoms with Crippen LogP contribution in [-0.2, 0) is 6.54 Å². The number of aromatic nitrogens is 2. The molecule has 2 aromatic rings. The minimum atomic E-state index is 0.319. The third kappa shape index (κ3) is 2.83. The van der Waals surface area contributed by atoms with Gasteiger partial charge >= 0.3 is 0 Å². The lowest BCUT2D eigenvalue weighted by Crippen LogP contribution is -2.19. The van der Waals surface area contributed by atoms with E-state index in [4.69, 9.17) is 18.0 Å². The number of hydrogen-bond donors (Lipinski definition) is 1. The highest BCUT2D eigenvalue weighted by Gasteiger charge is 2.08. The summed E-state index contributed by atoms with van der Waals surface area (Å²) >= 11 is 6.59. The summed E-state index contributed by atoms with van der Waals surface area (Å²) in [6.07, 6.45) is 0. The lowest BCUT2D eigenvalue weighted by molar-refractivity contribution is 0.900. The number of thiazole rings is 1. The fraction of sp³-hybridized carbons (Fsp3) is 0.250. The van der Waals surface area contributed by atoms with Gasteiger partial charge in [0.15, 0.2) is 0 Å². The first-order valence-electron chi connectivity index (χ1n) is 5.45. The summed E-state index contributed by atoms with van der Waals surface area (Å²) in [4.78, 5) is 12.3. The molecule has 0 fully saturated rings. The molecule has 0 aliphatic carbocycles. The van der Waals surface area contributed by atoms with Crippen LogP contribution in [0.2, 0.25) is 0 Å². The predicted octanol–water partition coefficient (Wildman–Crippen LogP) is 2.12. The van der Waals surface area contributed by atoms with Gasteiger partial charge in [0, 0.05) is 11.9 Å². The van der Waals surface area contributed by atoms with Crippen molar-refractivity contribution in [1.82, 2.24) is 9.97 Å². The van der Waals surface area contributed by atoms with Gasteiger partial charge in [0.05, 0.1) is 23.4 Å². The van der Waals surface area contributed by atoms with Crippen LogP contribution in [0.15, 0.2) is 23.7 Å². The van der Waals surface area contributed by atoms with Crippen LogP contribution in [0, 0.1) is 6.92 Å². The second-order valence-corrected chi connectivity index (χ2v) is 5.34. The Hall–Kier alpha value is -1.53. The van der Waals surface area contributed by atoms with Crippen molar-refractivity contribution in [3.63, 3.8) is 0 Å². The summed E-state index contributed by atoms with van der Waals surface area (Å²) in [7, 11) is 1.99. The zero-order valence-electron chi connectivity index (χ0n) is 10.3. The molecule has 0 atom stereocenters. The van der Waals surface area contributed by atoms with E-state index < -0.39 is 0 Å². The molecule has 0 amide bonds.